The van der Waals surface area contributed by atoms with E-state index in [2.05, 4.69) is 125 Å². The number of benzene rings is 4. The van der Waals surface area contributed by atoms with Gasteiger partial charge in [0.25, 0.3) is 0 Å². The number of hydrogen-bond donors (Lipinski definition) is 0. The molecule has 0 saturated heterocycles. The van der Waals surface area contributed by atoms with E-state index in [0.717, 1.165) is 53.7 Å². The Hall–Kier alpha value is -3.04. The monoisotopic (exact) mass is 691 g/mol. The van der Waals surface area contributed by atoms with E-state index in [1.165, 1.54) is 27.6 Å². The topological polar surface area (TPSA) is 27.0 Å². The van der Waals surface area contributed by atoms with Crippen LogP contribution in [-0.2, 0) is 38.7 Å². The molecule has 1 aromatic heterocycles. The van der Waals surface area contributed by atoms with Crippen LogP contribution in [0.4, 0.5) is 5.69 Å². The van der Waals surface area contributed by atoms with Crippen LogP contribution in [0.2, 0.25) is 0 Å². The van der Waals surface area contributed by atoms with Crippen molar-refractivity contribution in [2.75, 3.05) is 0 Å². The third-order valence-corrected chi connectivity index (χ3v) is 7.01. The van der Waals surface area contributed by atoms with Crippen molar-refractivity contribution in [3.8, 4) is 11.3 Å². The SMILES string of the molecule is CCCc1cccc(CCC)c1[N-]C(c1cccc(-c2[c-]ccc3ccccc23)n1)c1ccccc1C.[CH2-]C.[Hf]. The molecule has 0 aliphatic carbocycles. The number of pyridine rings is 1. The number of aromatic nitrogens is 1. The first-order valence-corrected chi connectivity index (χ1v) is 14.1. The van der Waals surface area contributed by atoms with Gasteiger partial charge in [0, 0.05) is 31.5 Å². The van der Waals surface area contributed by atoms with Crippen LogP contribution in [-0.4, -0.2) is 4.98 Å². The summed E-state index contributed by atoms with van der Waals surface area (Å²) in [6.45, 7) is 11.6. The van der Waals surface area contributed by atoms with Crippen molar-refractivity contribution in [3.63, 3.8) is 0 Å². The first-order chi connectivity index (χ1) is 19.2. The molecule has 0 radical (unpaired) electrons. The van der Waals surface area contributed by atoms with Crippen molar-refractivity contribution in [1.29, 1.82) is 0 Å². The molecule has 3 heteroatoms. The second kappa shape index (κ2) is 15.7. The summed E-state index contributed by atoms with van der Waals surface area (Å²) in [4.78, 5) is 5.23. The average Bonchev–Trinajstić information content (AvgIpc) is 2.98. The summed E-state index contributed by atoms with van der Waals surface area (Å²) in [7, 11) is 0. The summed E-state index contributed by atoms with van der Waals surface area (Å²) < 4.78 is 0. The van der Waals surface area contributed by atoms with Gasteiger partial charge in [-0.25, -0.2) is 0 Å². The molecule has 1 atom stereocenters. The van der Waals surface area contributed by atoms with Gasteiger partial charge in [0.15, 0.2) is 0 Å². The standard InChI is InChI=1S/C35H34N2.C2H5.Hf/c1-4-13-27-18-10-19-28(14-5-2)34(27)37-35(29-20-8-6-15-25(29)3)33-24-12-23-32(36-33)31-22-11-17-26-16-7-9-21-30(26)31;1-2;/h6-12,15-21,23-24,35H,4-5,13-14H2,1-3H3;1H2,2H3;/q-2;-1;. The van der Waals surface area contributed by atoms with Crippen LogP contribution < -0.4 is 0 Å². The Morgan fingerprint density at radius 3 is 2.12 bits per heavy atom. The van der Waals surface area contributed by atoms with Crippen molar-refractivity contribution in [2.45, 2.75) is 59.4 Å². The van der Waals surface area contributed by atoms with E-state index in [4.69, 9.17) is 10.3 Å². The van der Waals surface area contributed by atoms with Crippen LogP contribution in [0.5, 0.6) is 0 Å². The van der Waals surface area contributed by atoms with Crippen LogP contribution in [0.1, 0.15) is 67.6 Å². The molecule has 4 aromatic carbocycles. The molecule has 5 rings (SSSR count). The van der Waals surface area contributed by atoms with E-state index < -0.39 is 0 Å². The van der Waals surface area contributed by atoms with Crippen molar-refractivity contribution >= 4 is 16.5 Å². The van der Waals surface area contributed by atoms with E-state index in [9.17, 15) is 0 Å². The number of hydrogen-bond acceptors (Lipinski definition) is 1. The number of rotatable bonds is 9. The second-order valence-corrected chi connectivity index (χ2v) is 9.70. The number of nitrogens with zero attached hydrogens (tertiary/aromatic N) is 2. The van der Waals surface area contributed by atoms with E-state index >= 15 is 0 Å². The van der Waals surface area contributed by atoms with Crippen LogP contribution in [0.15, 0.2) is 97.1 Å². The Morgan fingerprint density at radius 2 is 1.43 bits per heavy atom. The van der Waals surface area contributed by atoms with E-state index in [0.29, 0.717) is 0 Å². The summed E-state index contributed by atoms with van der Waals surface area (Å²) in [6, 6.07) is 37.4. The van der Waals surface area contributed by atoms with Gasteiger partial charge in [-0.05, 0) is 43.1 Å². The molecule has 0 saturated carbocycles. The smallest absolute Gasteiger partial charge is 0.0195 e. The van der Waals surface area contributed by atoms with Gasteiger partial charge in [0.2, 0.25) is 0 Å². The normalized spacial score (nSPS) is 11.2. The minimum Gasteiger partial charge on any atom is -0.673 e. The van der Waals surface area contributed by atoms with E-state index in [1.807, 2.05) is 6.07 Å². The van der Waals surface area contributed by atoms with Crippen molar-refractivity contribution in [3.05, 3.63) is 143 Å². The number of fused-ring (bicyclic) bond motifs is 1. The van der Waals surface area contributed by atoms with Gasteiger partial charge in [0.1, 0.15) is 0 Å². The summed E-state index contributed by atoms with van der Waals surface area (Å²) in [5, 5.41) is 7.88. The van der Waals surface area contributed by atoms with Crippen LogP contribution in [0, 0.1) is 19.9 Å². The molecule has 5 aromatic rings. The molecule has 0 aliphatic rings. The van der Waals surface area contributed by atoms with Crippen molar-refractivity contribution in [1.82, 2.24) is 4.98 Å². The molecular weight excluding hydrogens is 651 g/mol. The summed E-state index contributed by atoms with van der Waals surface area (Å²) in [5.41, 5.74) is 9.13. The molecular formula is C37H39HfN2-3. The molecule has 0 amide bonds. The summed E-state index contributed by atoms with van der Waals surface area (Å²) in [6.07, 6.45) is 4.24. The molecule has 2 nitrogen and oxygen atoms in total. The first kappa shape index (κ1) is 31.5. The second-order valence-electron chi connectivity index (χ2n) is 9.70. The van der Waals surface area contributed by atoms with Gasteiger partial charge in [-0.3, -0.25) is 0 Å². The molecule has 0 bridgehead atoms. The third-order valence-electron chi connectivity index (χ3n) is 7.01. The Morgan fingerprint density at radius 1 is 0.775 bits per heavy atom. The van der Waals surface area contributed by atoms with E-state index in [-0.39, 0.29) is 31.9 Å². The van der Waals surface area contributed by atoms with Crippen LogP contribution in [0.3, 0.4) is 0 Å². The zero-order chi connectivity index (χ0) is 27.6. The largest absolute Gasteiger partial charge is 0.673 e. The molecule has 0 fully saturated rings. The van der Waals surface area contributed by atoms with Gasteiger partial charge in [-0.2, -0.15) is 6.92 Å². The fraction of sp³-hybridized carbons (Fsp3) is 0.243. The first-order valence-electron chi connectivity index (χ1n) is 14.1. The zero-order valence-corrected chi connectivity index (χ0v) is 27.8. The molecule has 1 heterocycles. The molecule has 0 N–H and O–H groups in total. The van der Waals surface area contributed by atoms with Gasteiger partial charge in [-0.15, -0.1) is 34.8 Å². The van der Waals surface area contributed by atoms with Gasteiger partial charge in [0.05, 0.1) is 0 Å². The molecule has 0 aliphatic heterocycles. The average molecular weight is 690 g/mol. The fourth-order valence-corrected chi connectivity index (χ4v) is 5.19. The molecule has 1 unspecified atom stereocenters. The minimum atomic E-state index is -0.190. The Bertz CT molecular complexity index is 1480. The van der Waals surface area contributed by atoms with Gasteiger partial charge >= 0.3 is 0 Å². The predicted octanol–water partition coefficient (Wildman–Crippen LogP) is 10.5. The molecule has 40 heavy (non-hydrogen) atoms. The Balaban J connectivity index is 0.00000144. The molecule has 204 valence electrons. The Labute approximate surface area is 260 Å². The van der Waals surface area contributed by atoms with Crippen molar-refractivity contribution < 1.29 is 25.8 Å². The maximum absolute atomic E-state index is 5.52. The van der Waals surface area contributed by atoms with Crippen molar-refractivity contribution in [2.24, 2.45) is 0 Å². The van der Waals surface area contributed by atoms with Gasteiger partial charge < -0.3 is 17.2 Å². The maximum Gasteiger partial charge on any atom is 0.0195 e. The van der Waals surface area contributed by atoms with Crippen LogP contribution in [0.25, 0.3) is 27.3 Å². The number of aryl methyl sites for hydroxylation is 3. The minimum absolute atomic E-state index is 0. The third kappa shape index (κ3) is 7.18. The molecule has 0 spiro atoms. The van der Waals surface area contributed by atoms with Crippen LogP contribution >= 0.6 is 0 Å². The summed E-state index contributed by atoms with van der Waals surface area (Å²) in [5.74, 6) is 0. The predicted molar refractivity (Wildman–Crippen MR) is 168 cm³/mol. The number of para-hydroxylation sites is 1. The van der Waals surface area contributed by atoms with Gasteiger partial charge in [-0.1, -0.05) is 128 Å². The summed E-state index contributed by atoms with van der Waals surface area (Å²) >= 11 is 0. The zero-order valence-electron chi connectivity index (χ0n) is 24.2. The fourth-order valence-electron chi connectivity index (χ4n) is 5.19. The quantitative estimate of drug-likeness (QED) is 0.112. The van der Waals surface area contributed by atoms with E-state index in [1.54, 1.807) is 6.92 Å². The maximum atomic E-state index is 5.52. The Kier molecular flexibility index (Phi) is 12.3.